The molecule has 1 fully saturated rings. The largest absolute Gasteiger partial charge is 0.0869 e. The minimum Gasteiger partial charge on any atom is -0.0869 e. The maximum atomic E-state index is 2.37. The summed E-state index contributed by atoms with van der Waals surface area (Å²) in [5.74, 6) is 0. The van der Waals surface area contributed by atoms with Crippen LogP contribution in [0.15, 0.2) is 12.1 Å². The summed E-state index contributed by atoms with van der Waals surface area (Å²) in [6, 6.07) is 4.66. The second-order valence-electron chi connectivity index (χ2n) is 5.16. The molecule has 0 nitrogen and oxygen atoms in total. The van der Waals surface area contributed by atoms with Crippen molar-refractivity contribution in [1.82, 2.24) is 0 Å². The lowest BCUT2D eigenvalue weighted by molar-refractivity contribution is 0.514. The van der Waals surface area contributed by atoms with Crippen molar-refractivity contribution in [3.05, 3.63) is 28.8 Å². The van der Waals surface area contributed by atoms with Crippen LogP contribution in [0.4, 0.5) is 0 Å². The molecule has 1 aromatic carbocycles. The van der Waals surface area contributed by atoms with E-state index in [-0.39, 0.29) is 0 Å². The van der Waals surface area contributed by atoms with Crippen LogP contribution in [0.3, 0.4) is 0 Å². The first kappa shape index (κ1) is 12.1. The van der Waals surface area contributed by atoms with Crippen molar-refractivity contribution in [2.24, 2.45) is 0 Å². The van der Waals surface area contributed by atoms with E-state index in [4.69, 9.17) is 0 Å². The molecule has 1 saturated carbocycles. The van der Waals surface area contributed by atoms with Crippen LogP contribution in [0.5, 0.6) is 0 Å². The van der Waals surface area contributed by atoms with Crippen molar-refractivity contribution in [3.63, 3.8) is 0 Å². The third kappa shape index (κ3) is 2.66. The van der Waals surface area contributed by atoms with Gasteiger partial charge in [-0.3, -0.25) is 0 Å². The molecule has 0 bridgehead atoms. The fourth-order valence-electron chi connectivity index (χ4n) is 2.58. The zero-order valence-corrected chi connectivity index (χ0v) is 11.8. The molecule has 2 rings (SSSR count). The molecule has 0 radical (unpaired) electrons. The Labute approximate surface area is 102 Å². The highest BCUT2D eigenvalue weighted by atomic mass is 31.1. The number of benzene rings is 1. The predicted octanol–water partition coefficient (Wildman–Crippen LogP) is 4.25. The summed E-state index contributed by atoms with van der Waals surface area (Å²) in [6.45, 7) is 6.78. The summed E-state index contributed by atoms with van der Waals surface area (Å²) in [7, 11) is 1.05. The summed E-state index contributed by atoms with van der Waals surface area (Å²) in [4.78, 5) is 0. The second kappa shape index (κ2) is 5.32. The van der Waals surface area contributed by atoms with Crippen LogP contribution in [0, 0.1) is 20.8 Å². The Hall–Kier alpha value is -0.350. The highest BCUT2D eigenvalue weighted by Gasteiger charge is 2.15. The quantitative estimate of drug-likeness (QED) is 0.671. The first-order valence-corrected chi connectivity index (χ1v) is 7.59. The van der Waals surface area contributed by atoms with Gasteiger partial charge in [0.25, 0.3) is 0 Å². The highest BCUT2D eigenvalue weighted by molar-refractivity contribution is 7.48. The second-order valence-corrected chi connectivity index (χ2v) is 6.80. The molecule has 16 heavy (non-hydrogen) atoms. The Morgan fingerprint density at radius 1 is 0.938 bits per heavy atom. The summed E-state index contributed by atoms with van der Waals surface area (Å²) < 4.78 is 0. The SMILES string of the molecule is Cc1ccc(PC2CCCCC2)c(C)c1C. The first-order chi connectivity index (χ1) is 7.68. The highest BCUT2D eigenvalue weighted by Crippen LogP contribution is 2.33. The van der Waals surface area contributed by atoms with Crippen LogP contribution >= 0.6 is 8.58 Å². The van der Waals surface area contributed by atoms with E-state index in [1.54, 1.807) is 10.9 Å². The molecular formula is C15H23P. The van der Waals surface area contributed by atoms with Crippen LogP contribution in [0.2, 0.25) is 0 Å². The maximum Gasteiger partial charge on any atom is -0.0196 e. The lowest BCUT2D eigenvalue weighted by atomic mass is 10.0. The molecule has 0 aliphatic heterocycles. The Kier molecular flexibility index (Phi) is 4.03. The minimum absolute atomic E-state index is 0.981. The number of rotatable bonds is 2. The van der Waals surface area contributed by atoms with Crippen molar-refractivity contribution >= 4 is 13.9 Å². The van der Waals surface area contributed by atoms with Crippen LogP contribution in [-0.4, -0.2) is 5.66 Å². The fraction of sp³-hybridized carbons (Fsp3) is 0.600. The molecule has 1 heteroatoms. The van der Waals surface area contributed by atoms with Crippen molar-refractivity contribution < 1.29 is 0 Å². The molecule has 88 valence electrons. The Morgan fingerprint density at radius 2 is 1.62 bits per heavy atom. The van der Waals surface area contributed by atoms with Crippen LogP contribution < -0.4 is 5.30 Å². The van der Waals surface area contributed by atoms with Gasteiger partial charge in [0.2, 0.25) is 0 Å². The van der Waals surface area contributed by atoms with Gasteiger partial charge in [0.1, 0.15) is 0 Å². The van der Waals surface area contributed by atoms with Gasteiger partial charge in [-0.2, -0.15) is 0 Å². The maximum absolute atomic E-state index is 2.37. The molecule has 0 amide bonds. The predicted molar refractivity (Wildman–Crippen MR) is 75.5 cm³/mol. The minimum atomic E-state index is 0.981. The van der Waals surface area contributed by atoms with Crippen LogP contribution in [0.25, 0.3) is 0 Å². The summed E-state index contributed by atoms with van der Waals surface area (Å²) in [5.41, 5.74) is 5.47. The van der Waals surface area contributed by atoms with E-state index in [0.717, 1.165) is 14.2 Å². The molecule has 0 saturated heterocycles. The third-order valence-corrected chi connectivity index (χ3v) is 5.86. The van der Waals surface area contributed by atoms with Gasteiger partial charge in [0.15, 0.2) is 0 Å². The zero-order valence-electron chi connectivity index (χ0n) is 10.8. The van der Waals surface area contributed by atoms with Gasteiger partial charge in [-0.15, -0.1) is 0 Å². The number of hydrogen-bond acceptors (Lipinski definition) is 0. The molecular weight excluding hydrogens is 211 g/mol. The third-order valence-electron chi connectivity index (χ3n) is 4.02. The van der Waals surface area contributed by atoms with Crippen molar-refractivity contribution in [2.75, 3.05) is 0 Å². The lowest BCUT2D eigenvalue weighted by Crippen LogP contribution is -2.13. The van der Waals surface area contributed by atoms with E-state index in [1.165, 1.54) is 43.2 Å². The summed E-state index contributed by atoms with van der Waals surface area (Å²) in [5, 5.41) is 1.62. The summed E-state index contributed by atoms with van der Waals surface area (Å²) in [6.07, 6.45) is 7.31. The van der Waals surface area contributed by atoms with E-state index in [1.807, 2.05) is 0 Å². The van der Waals surface area contributed by atoms with Crippen molar-refractivity contribution in [1.29, 1.82) is 0 Å². The van der Waals surface area contributed by atoms with Gasteiger partial charge in [-0.1, -0.05) is 40.0 Å². The van der Waals surface area contributed by atoms with Gasteiger partial charge in [0, 0.05) is 0 Å². The summed E-state index contributed by atoms with van der Waals surface area (Å²) >= 11 is 0. The molecule has 1 aliphatic rings. The van der Waals surface area contributed by atoms with Gasteiger partial charge in [0.05, 0.1) is 0 Å². The number of aryl methyl sites for hydroxylation is 1. The first-order valence-electron chi connectivity index (χ1n) is 6.52. The van der Waals surface area contributed by atoms with Crippen molar-refractivity contribution in [3.8, 4) is 0 Å². The zero-order chi connectivity index (χ0) is 11.5. The lowest BCUT2D eigenvalue weighted by Gasteiger charge is -2.23. The monoisotopic (exact) mass is 234 g/mol. The molecule has 0 spiro atoms. The smallest absolute Gasteiger partial charge is 0.0196 e. The Bertz CT molecular complexity index is 362. The van der Waals surface area contributed by atoms with Crippen LogP contribution in [0.1, 0.15) is 48.8 Å². The van der Waals surface area contributed by atoms with Crippen LogP contribution in [-0.2, 0) is 0 Å². The van der Waals surface area contributed by atoms with Crippen molar-refractivity contribution in [2.45, 2.75) is 58.5 Å². The molecule has 0 heterocycles. The molecule has 1 aromatic rings. The number of hydrogen-bond donors (Lipinski definition) is 0. The topological polar surface area (TPSA) is 0 Å². The van der Waals surface area contributed by atoms with Gasteiger partial charge in [-0.05, 0) is 61.3 Å². The molecule has 0 N–H and O–H groups in total. The van der Waals surface area contributed by atoms with E-state index in [2.05, 4.69) is 32.9 Å². The standard InChI is InChI=1S/C15H23P/c1-11-9-10-15(13(3)12(11)2)16-14-7-5-4-6-8-14/h9-10,14,16H,4-8H2,1-3H3. The van der Waals surface area contributed by atoms with Gasteiger partial charge in [-0.25, -0.2) is 0 Å². The molecule has 0 aromatic heterocycles. The Morgan fingerprint density at radius 3 is 2.31 bits per heavy atom. The fourth-order valence-corrected chi connectivity index (χ4v) is 4.30. The molecule has 1 unspecified atom stereocenters. The van der Waals surface area contributed by atoms with Gasteiger partial charge < -0.3 is 0 Å². The van der Waals surface area contributed by atoms with E-state index < -0.39 is 0 Å². The van der Waals surface area contributed by atoms with E-state index in [9.17, 15) is 0 Å². The van der Waals surface area contributed by atoms with E-state index in [0.29, 0.717) is 0 Å². The van der Waals surface area contributed by atoms with Gasteiger partial charge >= 0.3 is 0 Å². The average molecular weight is 234 g/mol. The normalized spacial score (nSPS) is 18.4. The average Bonchev–Trinajstić information content (AvgIpc) is 2.31. The van der Waals surface area contributed by atoms with E-state index >= 15 is 0 Å². The molecule has 1 aliphatic carbocycles. The Balaban J connectivity index is 2.11. The molecule has 1 atom stereocenters.